The van der Waals surface area contributed by atoms with Crippen LogP contribution < -0.4 is 9.62 Å². The number of hydrogen-bond donors (Lipinski definition) is 1. The molecule has 0 radical (unpaired) electrons. The molecule has 1 N–H and O–H groups in total. The summed E-state index contributed by atoms with van der Waals surface area (Å²) in [7, 11) is -4.07. The number of nitrogens with one attached hydrogen (secondary N) is 1. The van der Waals surface area contributed by atoms with Crippen molar-refractivity contribution in [3.8, 4) is 0 Å². The Balaban J connectivity index is 1.61. The molecule has 3 aromatic rings. The van der Waals surface area contributed by atoms with Crippen LogP contribution in [0.15, 0.2) is 71.6 Å². The fourth-order valence-electron chi connectivity index (χ4n) is 4.06. The molecule has 3 aromatic carbocycles. The van der Waals surface area contributed by atoms with Gasteiger partial charge in [-0.1, -0.05) is 59.6 Å². The maximum absolute atomic E-state index is 13.5. The fourth-order valence-corrected chi connectivity index (χ4v) is 5.95. The molecule has 1 aliphatic carbocycles. The molecule has 0 bridgehead atoms. The minimum absolute atomic E-state index is 0.0560. The van der Waals surface area contributed by atoms with Crippen molar-refractivity contribution in [1.29, 1.82) is 0 Å². The van der Waals surface area contributed by atoms with Crippen molar-refractivity contribution < 1.29 is 13.2 Å². The van der Waals surface area contributed by atoms with E-state index in [0.717, 1.165) is 29.1 Å². The molecule has 1 unspecified atom stereocenters. The molecule has 0 aromatic heterocycles. The Morgan fingerprint density at radius 2 is 1.73 bits per heavy atom. The van der Waals surface area contributed by atoms with E-state index in [2.05, 4.69) is 17.4 Å². The van der Waals surface area contributed by atoms with E-state index in [-0.39, 0.29) is 21.6 Å². The summed E-state index contributed by atoms with van der Waals surface area (Å²) in [6, 6.07) is 18.4. The molecular formula is C25H24Cl2N2O3S. The number of carbonyl (C=O) groups excluding carboxylic acids is 1. The lowest BCUT2D eigenvalue weighted by Gasteiger charge is -2.26. The van der Waals surface area contributed by atoms with E-state index in [1.54, 1.807) is 24.3 Å². The third-order valence-electron chi connectivity index (χ3n) is 5.80. The van der Waals surface area contributed by atoms with Gasteiger partial charge in [0, 0.05) is 5.02 Å². The SMILES string of the molecule is CC(NC(=O)CN(c1cc(Cl)ccc1Cl)S(=O)(=O)c1ccccc1)c1ccc2c(c1)CCC2. The predicted molar refractivity (Wildman–Crippen MR) is 132 cm³/mol. The quantitative estimate of drug-likeness (QED) is 0.460. The minimum Gasteiger partial charge on any atom is -0.348 e. The van der Waals surface area contributed by atoms with Crippen molar-refractivity contribution in [3.05, 3.63) is 93.5 Å². The van der Waals surface area contributed by atoms with Crippen LogP contribution in [-0.2, 0) is 27.7 Å². The summed E-state index contributed by atoms with van der Waals surface area (Å²) >= 11 is 12.5. The number of aryl methyl sites for hydroxylation is 2. The third kappa shape index (κ3) is 5.18. The number of hydrogen-bond acceptors (Lipinski definition) is 3. The lowest BCUT2D eigenvalue weighted by molar-refractivity contribution is -0.120. The first kappa shape index (κ1) is 23.6. The molecule has 0 fully saturated rings. The zero-order chi connectivity index (χ0) is 23.6. The summed E-state index contributed by atoms with van der Waals surface area (Å²) in [5, 5.41) is 3.42. The van der Waals surface area contributed by atoms with Crippen LogP contribution in [0, 0.1) is 0 Å². The highest BCUT2D eigenvalue weighted by molar-refractivity contribution is 7.92. The van der Waals surface area contributed by atoms with Crippen LogP contribution in [0.4, 0.5) is 5.69 Å². The van der Waals surface area contributed by atoms with Crippen molar-refractivity contribution in [2.45, 2.75) is 37.1 Å². The zero-order valence-corrected chi connectivity index (χ0v) is 20.4. The van der Waals surface area contributed by atoms with Crippen LogP contribution >= 0.6 is 23.2 Å². The average Bonchev–Trinajstić information content (AvgIpc) is 3.27. The smallest absolute Gasteiger partial charge is 0.264 e. The van der Waals surface area contributed by atoms with Gasteiger partial charge in [-0.25, -0.2) is 8.42 Å². The number of fused-ring (bicyclic) bond motifs is 1. The first-order chi connectivity index (χ1) is 15.8. The van der Waals surface area contributed by atoms with Crippen molar-refractivity contribution in [3.63, 3.8) is 0 Å². The second-order valence-corrected chi connectivity index (χ2v) is 10.8. The van der Waals surface area contributed by atoms with E-state index >= 15 is 0 Å². The zero-order valence-electron chi connectivity index (χ0n) is 18.1. The Morgan fingerprint density at radius 3 is 2.48 bits per heavy atom. The third-order valence-corrected chi connectivity index (χ3v) is 8.12. The van der Waals surface area contributed by atoms with Crippen LogP contribution in [0.1, 0.15) is 36.1 Å². The first-order valence-corrected chi connectivity index (χ1v) is 12.9. The van der Waals surface area contributed by atoms with Gasteiger partial charge in [-0.05, 0) is 73.2 Å². The normalized spacial score (nSPS) is 13.9. The molecule has 8 heteroatoms. The van der Waals surface area contributed by atoms with Gasteiger partial charge in [-0.2, -0.15) is 0 Å². The lowest BCUT2D eigenvalue weighted by Crippen LogP contribution is -2.41. The summed E-state index contributed by atoms with van der Waals surface area (Å²) in [6.45, 7) is 1.45. The van der Waals surface area contributed by atoms with E-state index < -0.39 is 22.5 Å². The number of carbonyl (C=O) groups is 1. The first-order valence-electron chi connectivity index (χ1n) is 10.7. The van der Waals surface area contributed by atoms with Gasteiger partial charge >= 0.3 is 0 Å². The summed E-state index contributed by atoms with van der Waals surface area (Å²) < 4.78 is 27.9. The molecule has 0 heterocycles. The van der Waals surface area contributed by atoms with Crippen molar-refractivity contribution in [1.82, 2.24) is 5.32 Å². The molecule has 1 amide bonds. The Hall–Kier alpha value is -2.54. The van der Waals surface area contributed by atoms with Gasteiger partial charge in [0.1, 0.15) is 6.54 Å². The molecule has 172 valence electrons. The van der Waals surface area contributed by atoms with Gasteiger partial charge in [0.25, 0.3) is 10.0 Å². The Bertz CT molecular complexity index is 1280. The second kappa shape index (κ2) is 9.75. The molecule has 1 aliphatic rings. The molecule has 0 spiro atoms. The van der Waals surface area contributed by atoms with E-state index in [0.29, 0.717) is 5.02 Å². The number of rotatable bonds is 7. The number of amides is 1. The van der Waals surface area contributed by atoms with Gasteiger partial charge in [0.2, 0.25) is 5.91 Å². The summed E-state index contributed by atoms with van der Waals surface area (Å²) in [5.74, 6) is -0.446. The second-order valence-electron chi connectivity index (χ2n) is 8.09. The monoisotopic (exact) mass is 502 g/mol. The number of nitrogens with zero attached hydrogens (tertiary/aromatic N) is 1. The lowest BCUT2D eigenvalue weighted by atomic mass is 10.0. The highest BCUT2D eigenvalue weighted by Crippen LogP contribution is 2.33. The van der Waals surface area contributed by atoms with E-state index in [1.807, 2.05) is 13.0 Å². The summed E-state index contributed by atoms with van der Waals surface area (Å²) in [6.07, 6.45) is 3.27. The van der Waals surface area contributed by atoms with E-state index in [1.165, 1.54) is 35.4 Å². The molecule has 5 nitrogen and oxygen atoms in total. The summed E-state index contributed by atoms with van der Waals surface area (Å²) in [4.78, 5) is 13.1. The van der Waals surface area contributed by atoms with Crippen molar-refractivity contribution in [2.24, 2.45) is 0 Å². The van der Waals surface area contributed by atoms with Gasteiger partial charge in [-0.3, -0.25) is 9.10 Å². The topological polar surface area (TPSA) is 66.5 Å². The van der Waals surface area contributed by atoms with Crippen LogP contribution in [0.25, 0.3) is 0 Å². The molecule has 1 atom stereocenters. The van der Waals surface area contributed by atoms with Gasteiger partial charge in [0.05, 0.1) is 21.6 Å². The number of benzene rings is 3. The van der Waals surface area contributed by atoms with Gasteiger partial charge in [0.15, 0.2) is 0 Å². The molecule has 0 saturated carbocycles. The number of halogens is 2. The molecular weight excluding hydrogens is 479 g/mol. The minimum atomic E-state index is -4.07. The number of sulfonamides is 1. The standard InChI is InChI=1S/C25H24Cl2N2O3S/c1-17(19-11-10-18-6-5-7-20(18)14-19)28-25(30)16-29(24-15-21(26)12-13-23(24)27)33(31,32)22-8-3-2-4-9-22/h2-4,8-15,17H,5-7,16H2,1H3,(H,28,30). The molecule has 4 rings (SSSR count). The van der Waals surface area contributed by atoms with Crippen LogP contribution in [0.5, 0.6) is 0 Å². The summed E-state index contributed by atoms with van der Waals surface area (Å²) in [5.41, 5.74) is 3.80. The van der Waals surface area contributed by atoms with Crippen LogP contribution in [-0.4, -0.2) is 20.9 Å². The average molecular weight is 503 g/mol. The van der Waals surface area contributed by atoms with E-state index in [4.69, 9.17) is 23.2 Å². The Kier molecular flexibility index (Phi) is 6.98. The maximum Gasteiger partial charge on any atom is 0.264 e. The highest BCUT2D eigenvalue weighted by atomic mass is 35.5. The highest BCUT2D eigenvalue weighted by Gasteiger charge is 2.29. The van der Waals surface area contributed by atoms with Gasteiger partial charge < -0.3 is 5.32 Å². The van der Waals surface area contributed by atoms with Crippen molar-refractivity contribution >= 4 is 44.8 Å². The Labute approximate surface area is 204 Å². The molecule has 0 aliphatic heterocycles. The Morgan fingerprint density at radius 1 is 1.00 bits per heavy atom. The maximum atomic E-state index is 13.5. The van der Waals surface area contributed by atoms with Gasteiger partial charge in [-0.15, -0.1) is 0 Å². The largest absolute Gasteiger partial charge is 0.348 e. The van der Waals surface area contributed by atoms with Crippen LogP contribution in [0.2, 0.25) is 10.0 Å². The molecule has 0 saturated heterocycles. The van der Waals surface area contributed by atoms with Crippen LogP contribution in [0.3, 0.4) is 0 Å². The number of anilines is 1. The fraction of sp³-hybridized carbons (Fsp3) is 0.240. The molecule has 33 heavy (non-hydrogen) atoms. The van der Waals surface area contributed by atoms with E-state index in [9.17, 15) is 13.2 Å². The van der Waals surface area contributed by atoms with Crippen molar-refractivity contribution in [2.75, 3.05) is 10.8 Å². The predicted octanol–water partition coefficient (Wildman–Crippen LogP) is 5.55.